The highest BCUT2D eigenvalue weighted by molar-refractivity contribution is 5.19. The third-order valence-electron chi connectivity index (χ3n) is 3.21. The van der Waals surface area contributed by atoms with Crippen LogP contribution in [0.5, 0.6) is 0 Å². The molecular formula is C12H18N2O. The molecule has 1 aliphatic rings. The highest BCUT2D eigenvalue weighted by Gasteiger charge is 2.37. The van der Waals surface area contributed by atoms with Gasteiger partial charge in [-0.15, -0.1) is 0 Å². The molecule has 0 aromatic carbocycles. The van der Waals surface area contributed by atoms with Crippen LogP contribution >= 0.6 is 0 Å². The van der Waals surface area contributed by atoms with Crippen LogP contribution in [0.3, 0.4) is 0 Å². The van der Waals surface area contributed by atoms with Crippen molar-refractivity contribution in [2.24, 2.45) is 0 Å². The Balaban J connectivity index is 2.35. The maximum absolute atomic E-state index is 6.01. The van der Waals surface area contributed by atoms with Gasteiger partial charge >= 0.3 is 0 Å². The Morgan fingerprint density at radius 3 is 2.80 bits per heavy atom. The lowest BCUT2D eigenvalue weighted by Crippen LogP contribution is -2.49. The highest BCUT2D eigenvalue weighted by atomic mass is 16.5. The first-order chi connectivity index (χ1) is 7.29. The molecule has 0 spiro atoms. The van der Waals surface area contributed by atoms with E-state index in [-0.39, 0.29) is 5.72 Å². The molecule has 1 atom stereocenters. The topological polar surface area (TPSA) is 25.4 Å². The van der Waals surface area contributed by atoms with Crippen LogP contribution in [0.15, 0.2) is 24.5 Å². The van der Waals surface area contributed by atoms with Gasteiger partial charge in [0.1, 0.15) is 5.72 Å². The van der Waals surface area contributed by atoms with E-state index >= 15 is 0 Å². The van der Waals surface area contributed by atoms with Gasteiger partial charge in [0.15, 0.2) is 0 Å². The first-order valence-electron chi connectivity index (χ1n) is 5.55. The predicted molar refractivity (Wildman–Crippen MR) is 59.4 cm³/mol. The molecule has 1 saturated heterocycles. The van der Waals surface area contributed by atoms with E-state index in [1.165, 1.54) is 5.56 Å². The minimum absolute atomic E-state index is 0.235. The lowest BCUT2D eigenvalue weighted by molar-refractivity contribution is -0.186. The number of pyridine rings is 1. The molecule has 0 bridgehead atoms. The number of ether oxygens (including phenoxy) is 1. The second-order valence-electron chi connectivity index (χ2n) is 4.00. The van der Waals surface area contributed by atoms with Crippen molar-refractivity contribution in [3.8, 4) is 0 Å². The van der Waals surface area contributed by atoms with Gasteiger partial charge in [0.25, 0.3) is 0 Å². The maximum Gasteiger partial charge on any atom is 0.147 e. The minimum atomic E-state index is -0.235. The van der Waals surface area contributed by atoms with Gasteiger partial charge in [0.05, 0.1) is 6.61 Å². The lowest BCUT2D eigenvalue weighted by Gasteiger charge is -2.44. The first kappa shape index (κ1) is 10.6. The molecule has 1 aromatic rings. The number of hydrogen-bond acceptors (Lipinski definition) is 3. The summed E-state index contributed by atoms with van der Waals surface area (Å²) in [6.07, 6.45) is 5.74. The molecule has 1 aromatic heterocycles. The number of aromatic nitrogens is 1. The smallest absolute Gasteiger partial charge is 0.147 e. The molecule has 2 heterocycles. The summed E-state index contributed by atoms with van der Waals surface area (Å²) in [6, 6.07) is 4.09. The van der Waals surface area contributed by atoms with E-state index in [0.717, 1.165) is 26.0 Å². The predicted octanol–water partition coefficient (Wildman–Crippen LogP) is 2.00. The van der Waals surface area contributed by atoms with E-state index in [2.05, 4.69) is 23.9 Å². The molecule has 0 amide bonds. The molecule has 0 radical (unpaired) electrons. The van der Waals surface area contributed by atoms with Gasteiger partial charge in [-0.2, -0.15) is 0 Å². The molecule has 1 aliphatic heterocycles. The molecule has 1 unspecified atom stereocenters. The summed E-state index contributed by atoms with van der Waals surface area (Å²) < 4.78 is 6.01. The van der Waals surface area contributed by atoms with E-state index in [0.29, 0.717) is 0 Å². The molecule has 1 fully saturated rings. The van der Waals surface area contributed by atoms with Gasteiger partial charge in [-0.1, -0.05) is 6.92 Å². The molecular weight excluding hydrogens is 188 g/mol. The molecule has 3 nitrogen and oxygen atoms in total. The Labute approximate surface area is 91.1 Å². The Morgan fingerprint density at radius 1 is 1.47 bits per heavy atom. The van der Waals surface area contributed by atoms with Crippen LogP contribution in [0.4, 0.5) is 0 Å². The average molecular weight is 206 g/mol. The maximum atomic E-state index is 6.01. The third-order valence-corrected chi connectivity index (χ3v) is 3.21. The Kier molecular flexibility index (Phi) is 3.03. The average Bonchev–Trinajstić information content (AvgIpc) is 2.31. The fourth-order valence-corrected chi connectivity index (χ4v) is 2.33. The summed E-state index contributed by atoms with van der Waals surface area (Å²) in [5.41, 5.74) is 0.975. The second-order valence-corrected chi connectivity index (χ2v) is 4.00. The van der Waals surface area contributed by atoms with Crippen molar-refractivity contribution in [2.75, 3.05) is 20.2 Å². The van der Waals surface area contributed by atoms with Gasteiger partial charge in [-0.25, -0.2) is 0 Å². The van der Waals surface area contributed by atoms with Crippen molar-refractivity contribution < 1.29 is 4.74 Å². The van der Waals surface area contributed by atoms with Gasteiger partial charge in [-0.05, 0) is 32.0 Å². The molecule has 0 saturated carbocycles. The van der Waals surface area contributed by atoms with Crippen molar-refractivity contribution >= 4 is 0 Å². The Hall–Kier alpha value is -0.930. The molecule has 3 heteroatoms. The summed E-state index contributed by atoms with van der Waals surface area (Å²) in [6.45, 7) is 4.11. The largest absolute Gasteiger partial charge is 0.356 e. The molecule has 2 rings (SSSR count). The van der Waals surface area contributed by atoms with Gasteiger partial charge in [-0.3, -0.25) is 9.88 Å². The summed E-state index contributed by atoms with van der Waals surface area (Å²) in [5, 5.41) is 0. The molecule has 82 valence electrons. The lowest BCUT2D eigenvalue weighted by atomic mass is 9.98. The highest BCUT2D eigenvalue weighted by Crippen LogP contribution is 2.34. The van der Waals surface area contributed by atoms with E-state index < -0.39 is 0 Å². The molecule has 15 heavy (non-hydrogen) atoms. The summed E-state index contributed by atoms with van der Waals surface area (Å²) in [7, 11) is 2.13. The fraction of sp³-hybridized carbons (Fsp3) is 0.583. The monoisotopic (exact) mass is 206 g/mol. The van der Waals surface area contributed by atoms with Crippen LogP contribution in [0, 0.1) is 0 Å². The zero-order chi connectivity index (χ0) is 10.7. The number of hydrogen-bond donors (Lipinski definition) is 0. The van der Waals surface area contributed by atoms with E-state index in [4.69, 9.17) is 4.74 Å². The molecule has 0 N–H and O–H groups in total. The zero-order valence-corrected chi connectivity index (χ0v) is 9.44. The number of rotatable bonds is 2. The Morgan fingerprint density at radius 2 is 2.20 bits per heavy atom. The summed E-state index contributed by atoms with van der Waals surface area (Å²) in [4.78, 5) is 6.35. The minimum Gasteiger partial charge on any atom is -0.356 e. The van der Waals surface area contributed by atoms with Crippen molar-refractivity contribution in [1.82, 2.24) is 9.88 Å². The van der Waals surface area contributed by atoms with Gasteiger partial charge in [0.2, 0.25) is 0 Å². The van der Waals surface area contributed by atoms with E-state index in [1.807, 2.05) is 24.5 Å². The van der Waals surface area contributed by atoms with Crippen molar-refractivity contribution in [3.05, 3.63) is 30.1 Å². The van der Waals surface area contributed by atoms with Crippen LogP contribution in [-0.2, 0) is 10.5 Å². The standard InChI is InChI=1S/C12H18N2O/c1-3-12(11-5-7-13-8-6-11)14(2)9-4-10-15-12/h5-8H,3-4,9-10H2,1-2H3. The van der Waals surface area contributed by atoms with Crippen molar-refractivity contribution in [3.63, 3.8) is 0 Å². The van der Waals surface area contributed by atoms with Crippen LogP contribution in [-0.4, -0.2) is 30.1 Å². The van der Waals surface area contributed by atoms with Crippen LogP contribution in [0.25, 0.3) is 0 Å². The Bertz CT molecular complexity index is 315. The summed E-state index contributed by atoms with van der Waals surface area (Å²) in [5.74, 6) is 0. The van der Waals surface area contributed by atoms with E-state index in [9.17, 15) is 0 Å². The summed E-state index contributed by atoms with van der Waals surface area (Å²) >= 11 is 0. The van der Waals surface area contributed by atoms with Gasteiger partial charge in [0, 0.05) is 24.5 Å². The SMILES string of the molecule is CCC1(c2ccncc2)OCCCN1C. The molecule has 0 aliphatic carbocycles. The van der Waals surface area contributed by atoms with Crippen molar-refractivity contribution in [2.45, 2.75) is 25.5 Å². The number of nitrogens with zero attached hydrogens (tertiary/aromatic N) is 2. The van der Waals surface area contributed by atoms with Crippen LogP contribution < -0.4 is 0 Å². The quantitative estimate of drug-likeness (QED) is 0.740. The normalized spacial score (nSPS) is 27.9. The van der Waals surface area contributed by atoms with Crippen molar-refractivity contribution in [1.29, 1.82) is 0 Å². The first-order valence-corrected chi connectivity index (χ1v) is 5.55. The van der Waals surface area contributed by atoms with E-state index in [1.54, 1.807) is 0 Å². The fourth-order valence-electron chi connectivity index (χ4n) is 2.33. The third kappa shape index (κ3) is 1.77. The van der Waals surface area contributed by atoms with Crippen LogP contribution in [0.1, 0.15) is 25.3 Å². The van der Waals surface area contributed by atoms with Gasteiger partial charge < -0.3 is 4.74 Å². The van der Waals surface area contributed by atoms with Crippen LogP contribution in [0.2, 0.25) is 0 Å². The zero-order valence-electron chi connectivity index (χ0n) is 9.44. The second kappa shape index (κ2) is 4.29.